The largest absolute Gasteiger partial charge is 0.278 e. The highest BCUT2D eigenvalue weighted by molar-refractivity contribution is 6.26. The molecule has 4 nitrogen and oxygen atoms in total. The van der Waals surface area contributed by atoms with E-state index in [9.17, 15) is 0 Å². The highest BCUT2D eigenvalue weighted by atomic mass is 15.2. The summed E-state index contributed by atoms with van der Waals surface area (Å²) < 4.78 is 2.27. The summed E-state index contributed by atoms with van der Waals surface area (Å²) in [6.07, 6.45) is 0. The first kappa shape index (κ1) is 27.0. The SMILES string of the molecule is CC1(C)c2ccccc2-c2c3c1cccc3cc1c2c2cc3ccccc3cc2n1-c1nc(-c2ccccc2)nc(-c2ccccc2)n1. The second-order valence-electron chi connectivity index (χ2n) is 13.3. The van der Waals surface area contributed by atoms with E-state index in [-0.39, 0.29) is 5.41 Å². The van der Waals surface area contributed by atoms with E-state index >= 15 is 0 Å². The predicted octanol–water partition coefficient (Wildman–Crippen LogP) is 10.9. The van der Waals surface area contributed by atoms with Crippen molar-refractivity contribution in [2.24, 2.45) is 0 Å². The van der Waals surface area contributed by atoms with E-state index < -0.39 is 0 Å². The molecule has 9 aromatic rings. The van der Waals surface area contributed by atoms with Gasteiger partial charge in [0, 0.05) is 32.9 Å². The maximum atomic E-state index is 5.23. The maximum Gasteiger partial charge on any atom is 0.238 e. The van der Waals surface area contributed by atoms with Crippen molar-refractivity contribution in [2.75, 3.05) is 0 Å². The normalized spacial score (nSPS) is 13.4. The van der Waals surface area contributed by atoms with Gasteiger partial charge in [-0.1, -0.05) is 141 Å². The van der Waals surface area contributed by atoms with Gasteiger partial charge in [0.15, 0.2) is 11.6 Å². The Kier molecular flexibility index (Phi) is 5.59. The van der Waals surface area contributed by atoms with E-state index in [1.165, 1.54) is 54.6 Å². The highest BCUT2D eigenvalue weighted by Crippen LogP contribution is 2.53. The zero-order chi connectivity index (χ0) is 32.0. The van der Waals surface area contributed by atoms with Crippen LogP contribution >= 0.6 is 0 Å². The van der Waals surface area contributed by atoms with Crippen LogP contribution in [0.15, 0.2) is 146 Å². The number of benzene rings is 7. The lowest BCUT2D eigenvalue weighted by molar-refractivity contribution is 0.645. The van der Waals surface area contributed by atoms with Crippen molar-refractivity contribution in [3.8, 4) is 39.9 Å². The third kappa shape index (κ3) is 3.80. The standard InChI is InChI=1S/C44H30N4/c1-44(2)34-22-12-11-21-32(34)40-38-31(20-13-23-35(38)44)26-37-39(40)33-24-29-18-9-10-19-30(29)25-36(33)48(37)43-46-41(27-14-5-3-6-15-27)45-42(47-43)28-16-7-4-8-17-28/h3-26H,1-2H3. The summed E-state index contributed by atoms with van der Waals surface area (Å²) in [5.74, 6) is 1.89. The van der Waals surface area contributed by atoms with Crippen LogP contribution in [0.25, 0.3) is 83.2 Å². The topological polar surface area (TPSA) is 43.6 Å². The molecule has 10 rings (SSSR count). The van der Waals surface area contributed by atoms with Gasteiger partial charge in [-0.3, -0.25) is 4.57 Å². The molecule has 0 N–H and O–H groups in total. The molecular formula is C44H30N4. The van der Waals surface area contributed by atoms with Crippen LogP contribution in [0.5, 0.6) is 0 Å². The Bertz CT molecular complexity index is 2680. The summed E-state index contributed by atoms with van der Waals surface area (Å²) >= 11 is 0. The Morgan fingerprint density at radius 3 is 1.75 bits per heavy atom. The molecule has 0 atom stereocenters. The minimum atomic E-state index is -0.134. The summed E-state index contributed by atoms with van der Waals surface area (Å²) in [6.45, 7) is 4.71. The van der Waals surface area contributed by atoms with Crippen molar-refractivity contribution in [3.05, 3.63) is 157 Å². The highest BCUT2D eigenvalue weighted by Gasteiger charge is 2.35. The number of hydrogen-bond donors (Lipinski definition) is 0. The molecule has 0 spiro atoms. The average molecular weight is 615 g/mol. The Balaban J connectivity index is 1.41. The van der Waals surface area contributed by atoms with Crippen LogP contribution in [0.1, 0.15) is 25.0 Å². The monoisotopic (exact) mass is 614 g/mol. The van der Waals surface area contributed by atoms with Crippen molar-refractivity contribution >= 4 is 43.4 Å². The van der Waals surface area contributed by atoms with Gasteiger partial charge >= 0.3 is 0 Å². The maximum absolute atomic E-state index is 5.23. The van der Waals surface area contributed by atoms with Crippen molar-refractivity contribution in [3.63, 3.8) is 0 Å². The molecule has 0 saturated heterocycles. The first-order chi connectivity index (χ1) is 23.6. The zero-order valence-electron chi connectivity index (χ0n) is 26.6. The smallest absolute Gasteiger partial charge is 0.238 e. The van der Waals surface area contributed by atoms with Crippen molar-refractivity contribution in [1.29, 1.82) is 0 Å². The first-order valence-electron chi connectivity index (χ1n) is 16.5. The molecule has 1 aliphatic rings. The van der Waals surface area contributed by atoms with E-state index in [4.69, 9.17) is 15.0 Å². The molecule has 226 valence electrons. The van der Waals surface area contributed by atoms with Crippen LogP contribution in [0, 0.1) is 0 Å². The molecule has 0 unspecified atom stereocenters. The molecule has 1 aliphatic carbocycles. The number of fused-ring (bicyclic) bond motifs is 7. The van der Waals surface area contributed by atoms with Crippen LogP contribution in [0.3, 0.4) is 0 Å². The summed E-state index contributed by atoms with van der Waals surface area (Å²) in [4.78, 5) is 15.5. The third-order valence-corrected chi connectivity index (χ3v) is 10.2. The number of hydrogen-bond acceptors (Lipinski definition) is 3. The second-order valence-corrected chi connectivity index (χ2v) is 13.3. The van der Waals surface area contributed by atoms with E-state index in [2.05, 4.69) is 128 Å². The van der Waals surface area contributed by atoms with Gasteiger partial charge in [-0.05, 0) is 56.4 Å². The summed E-state index contributed by atoms with van der Waals surface area (Å²) in [7, 11) is 0. The Morgan fingerprint density at radius 1 is 0.479 bits per heavy atom. The molecule has 2 aromatic heterocycles. The Morgan fingerprint density at radius 2 is 1.04 bits per heavy atom. The minimum Gasteiger partial charge on any atom is -0.278 e. The van der Waals surface area contributed by atoms with Gasteiger partial charge in [0.05, 0.1) is 11.0 Å². The molecule has 0 saturated carbocycles. The third-order valence-electron chi connectivity index (χ3n) is 10.2. The van der Waals surface area contributed by atoms with Gasteiger partial charge in [0.2, 0.25) is 5.95 Å². The lowest BCUT2D eigenvalue weighted by Gasteiger charge is -2.35. The van der Waals surface area contributed by atoms with Gasteiger partial charge in [0.25, 0.3) is 0 Å². The van der Waals surface area contributed by atoms with Gasteiger partial charge in [-0.15, -0.1) is 0 Å². The van der Waals surface area contributed by atoms with Gasteiger partial charge in [-0.25, -0.2) is 4.98 Å². The summed E-state index contributed by atoms with van der Waals surface area (Å²) in [5, 5.41) is 7.34. The average Bonchev–Trinajstić information content (AvgIpc) is 3.45. The Hall–Kier alpha value is -6.13. The lowest BCUT2D eigenvalue weighted by Crippen LogP contribution is -2.23. The van der Waals surface area contributed by atoms with Crippen molar-refractivity contribution in [1.82, 2.24) is 19.5 Å². The van der Waals surface area contributed by atoms with Crippen LogP contribution in [0.2, 0.25) is 0 Å². The summed E-state index contributed by atoms with van der Waals surface area (Å²) in [5.41, 5.74) is 9.19. The minimum absolute atomic E-state index is 0.134. The van der Waals surface area contributed by atoms with Crippen LogP contribution in [0.4, 0.5) is 0 Å². The van der Waals surface area contributed by atoms with Crippen LogP contribution < -0.4 is 0 Å². The fraction of sp³-hybridized carbons (Fsp3) is 0.0682. The van der Waals surface area contributed by atoms with E-state index in [0.717, 1.165) is 22.2 Å². The van der Waals surface area contributed by atoms with Crippen LogP contribution in [-0.2, 0) is 5.41 Å². The molecule has 0 aliphatic heterocycles. The van der Waals surface area contributed by atoms with E-state index in [1.807, 2.05) is 36.4 Å². The van der Waals surface area contributed by atoms with Crippen molar-refractivity contribution < 1.29 is 0 Å². The molecule has 0 amide bonds. The van der Waals surface area contributed by atoms with Crippen LogP contribution in [-0.4, -0.2) is 19.5 Å². The predicted molar refractivity (Wildman–Crippen MR) is 198 cm³/mol. The zero-order valence-corrected chi connectivity index (χ0v) is 26.6. The summed E-state index contributed by atoms with van der Waals surface area (Å²) in [6, 6.07) is 51.7. The number of nitrogens with zero attached hydrogens (tertiary/aromatic N) is 4. The Labute approximate surface area is 278 Å². The number of aromatic nitrogens is 4. The lowest BCUT2D eigenvalue weighted by atomic mass is 9.68. The van der Waals surface area contributed by atoms with E-state index in [1.54, 1.807) is 0 Å². The molecule has 4 heteroatoms. The fourth-order valence-corrected chi connectivity index (χ4v) is 7.93. The number of rotatable bonds is 3. The van der Waals surface area contributed by atoms with Gasteiger partial charge in [-0.2, -0.15) is 9.97 Å². The van der Waals surface area contributed by atoms with Gasteiger partial charge < -0.3 is 0 Å². The molecule has 2 heterocycles. The second kappa shape index (κ2) is 9.93. The molecule has 48 heavy (non-hydrogen) atoms. The molecule has 0 fully saturated rings. The first-order valence-corrected chi connectivity index (χ1v) is 16.5. The van der Waals surface area contributed by atoms with E-state index in [0.29, 0.717) is 17.6 Å². The molecular weight excluding hydrogens is 585 g/mol. The van der Waals surface area contributed by atoms with Gasteiger partial charge in [0.1, 0.15) is 0 Å². The molecule has 0 radical (unpaired) electrons. The quantitative estimate of drug-likeness (QED) is 0.199. The molecule has 0 bridgehead atoms. The molecule has 7 aromatic carbocycles. The van der Waals surface area contributed by atoms with Crippen molar-refractivity contribution in [2.45, 2.75) is 19.3 Å². The fourth-order valence-electron chi connectivity index (χ4n) is 7.93.